The molecule has 2 rings (SSSR count). The van der Waals surface area contributed by atoms with Crippen molar-refractivity contribution >= 4 is 6.09 Å². The van der Waals surface area contributed by atoms with E-state index in [1.165, 1.54) is 11.0 Å². The van der Waals surface area contributed by atoms with Crippen molar-refractivity contribution in [3.63, 3.8) is 0 Å². The van der Waals surface area contributed by atoms with E-state index in [2.05, 4.69) is 4.74 Å². The summed E-state index contributed by atoms with van der Waals surface area (Å²) < 4.78 is 59.0. The van der Waals surface area contributed by atoms with E-state index < -0.39 is 29.6 Å². The first-order chi connectivity index (χ1) is 10.4. The van der Waals surface area contributed by atoms with Crippen molar-refractivity contribution in [2.24, 2.45) is 0 Å². The molecular formula is C15H17F4NO3. The highest BCUT2D eigenvalue weighted by molar-refractivity contribution is 5.69. The first kappa shape index (κ1) is 17.4. The van der Waals surface area contributed by atoms with Crippen LogP contribution in [0, 0.1) is 5.82 Å². The Hall–Kier alpha value is -1.99. The van der Waals surface area contributed by atoms with Gasteiger partial charge in [-0.15, -0.1) is 13.2 Å². The van der Waals surface area contributed by atoms with Crippen molar-refractivity contribution in [1.82, 2.24) is 4.90 Å². The van der Waals surface area contributed by atoms with Crippen molar-refractivity contribution in [2.45, 2.75) is 38.7 Å². The zero-order valence-corrected chi connectivity index (χ0v) is 12.9. The molecule has 1 fully saturated rings. The molecule has 1 aliphatic rings. The van der Waals surface area contributed by atoms with Gasteiger partial charge in [0.25, 0.3) is 0 Å². The van der Waals surface area contributed by atoms with E-state index in [-0.39, 0.29) is 24.6 Å². The molecule has 1 saturated heterocycles. The number of hydrogen-bond acceptors (Lipinski definition) is 3. The molecule has 0 N–H and O–H groups in total. The highest BCUT2D eigenvalue weighted by atomic mass is 19.4. The van der Waals surface area contributed by atoms with Crippen molar-refractivity contribution in [3.05, 3.63) is 29.6 Å². The summed E-state index contributed by atoms with van der Waals surface area (Å²) in [6.45, 7) is 5.72. The van der Waals surface area contributed by atoms with Crippen LogP contribution in [0.15, 0.2) is 18.2 Å². The van der Waals surface area contributed by atoms with Gasteiger partial charge in [0.1, 0.15) is 17.2 Å². The molecule has 1 aromatic rings. The second kappa shape index (κ2) is 5.90. The summed E-state index contributed by atoms with van der Waals surface area (Å²) in [6, 6.07) is 2.99. The molecule has 1 aromatic carbocycles. The quantitative estimate of drug-likeness (QED) is 0.765. The summed E-state index contributed by atoms with van der Waals surface area (Å²) in [4.78, 5) is 13.2. The van der Waals surface area contributed by atoms with Crippen LogP contribution in [0.4, 0.5) is 22.4 Å². The molecule has 0 aromatic heterocycles. The van der Waals surface area contributed by atoms with Crippen LogP contribution in [-0.4, -0.2) is 36.0 Å². The van der Waals surface area contributed by atoms with Crippen molar-refractivity contribution in [3.8, 4) is 5.75 Å². The standard InChI is InChI=1S/C15H17F4NO3/c1-14(2,3)23-13(21)20-7-9(8-20)11-5-4-10(6-12(11)16)22-15(17,18)19/h4-6,9H,7-8H2,1-3H3. The van der Waals surface area contributed by atoms with Gasteiger partial charge in [-0.25, -0.2) is 9.18 Å². The Bertz CT molecular complexity index is 589. The molecule has 0 bridgehead atoms. The van der Waals surface area contributed by atoms with E-state index in [1.54, 1.807) is 20.8 Å². The zero-order valence-electron chi connectivity index (χ0n) is 12.9. The van der Waals surface area contributed by atoms with Gasteiger partial charge in [0.15, 0.2) is 0 Å². The third-order valence-corrected chi connectivity index (χ3v) is 3.18. The average molecular weight is 335 g/mol. The summed E-state index contributed by atoms with van der Waals surface area (Å²) >= 11 is 0. The Kier molecular flexibility index (Phi) is 4.45. The van der Waals surface area contributed by atoms with Crippen molar-refractivity contribution in [1.29, 1.82) is 0 Å². The number of ether oxygens (including phenoxy) is 2. The van der Waals surface area contributed by atoms with Crippen LogP contribution in [0.2, 0.25) is 0 Å². The summed E-state index contributed by atoms with van der Waals surface area (Å²) in [7, 11) is 0. The van der Waals surface area contributed by atoms with Crippen LogP contribution in [0.3, 0.4) is 0 Å². The van der Waals surface area contributed by atoms with E-state index in [0.717, 1.165) is 6.07 Å². The Labute approximate surface area is 131 Å². The zero-order chi connectivity index (χ0) is 17.4. The molecule has 4 nitrogen and oxygen atoms in total. The Morgan fingerprint density at radius 1 is 1.22 bits per heavy atom. The van der Waals surface area contributed by atoms with Gasteiger partial charge in [-0.1, -0.05) is 6.07 Å². The summed E-state index contributed by atoms with van der Waals surface area (Å²) in [5.74, 6) is -1.68. The fourth-order valence-corrected chi connectivity index (χ4v) is 2.19. The molecule has 0 saturated carbocycles. The van der Waals surface area contributed by atoms with Gasteiger partial charge < -0.3 is 14.4 Å². The number of hydrogen-bond donors (Lipinski definition) is 0. The number of halogens is 4. The minimum Gasteiger partial charge on any atom is -0.444 e. The normalized spacial score (nSPS) is 16.0. The predicted molar refractivity (Wildman–Crippen MR) is 73.6 cm³/mol. The third-order valence-electron chi connectivity index (χ3n) is 3.18. The molecule has 0 spiro atoms. The smallest absolute Gasteiger partial charge is 0.444 e. The maximum absolute atomic E-state index is 13.9. The maximum atomic E-state index is 13.9. The average Bonchev–Trinajstić information content (AvgIpc) is 2.25. The SMILES string of the molecule is CC(C)(C)OC(=O)N1CC(c2ccc(OC(F)(F)F)cc2F)C1. The molecule has 0 radical (unpaired) electrons. The lowest BCUT2D eigenvalue weighted by Crippen LogP contribution is -2.50. The van der Waals surface area contributed by atoms with Gasteiger partial charge in [-0.2, -0.15) is 0 Å². The molecule has 23 heavy (non-hydrogen) atoms. The van der Waals surface area contributed by atoms with Gasteiger partial charge in [0.05, 0.1) is 0 Å². The van der Waals surface area contributed by atoms with Crippen LogP contribution >= 0.6 is 0 Å². The van der Waals surface area contributed by atoms with Gasteiger partial charge >= 0.3 is 12.5 Å². The highest BCUT2D eigenvalue weighted by Crippen LogP contribution is 2.32. The largest absolute Gasteiger partial charge is 0.573 e. The molecule has 128 valence electrons. The molecule has 1 amide bonds. The fraction of sp³-hybridized carbons (Fsp3) is 0.533. The summed E-state index contributed by atoms with van der Waals surface area (Å²) in [5, 5.41) is 0. The van der Waals surface area contributed by atoms with Crippen molar-refractivity contribution in [2.75, 3.05) is 13.1 Å². The van der Waals surface area contributed by atoms with Crippen LogP contribution in [0.1, 0.15) is 32.3 Å². The molecule has 0 atom stereocenters. The monoisotopic (exact) mass is 335 g/mol. The number of nitrogens with zero attached hydrogens (tertiary/aromatic N) is 1. The third kappa shape index (κ3) is 4.74. The molecule has 0 aliphatic carbocycles. The summed E-state index contributed by atoms with van der Waals surface area (Å²) in [5.41, 5.74) is -0.372. The van der Waals surface area contributed by atoms with Gasteiger partial charge in [0, 0.05) is 25.1 Å². The van der Waals surface area contributed by atoms with E-state index >= 15 is 0 Å². The predicted octanol–water partition coefficient (Wildman–Crippen LogP) is 4.06. The number of likely N-dealkylation sites (tertiary alicyclic amines) is 1. The Morgan fingerprint density at radius 2 is 1.83 bits per heavy atom. The van der Waals surface area contributed by atoms with Gasteiger partial charge in [-0.05, 0) is 32.4 Å². The van der Waals surface area contributed by atoms with Crippen LogP contribution in [0.5, 0.6) is 5.75 Å². The van der Waals surface area contributed by atoms with E-state index in [0.29, 0.717) is 6.07 Å². The number of amides is 1. The van der Waals surface area contributed by atoms with Crippen LogP contribution in [-0.2, 0) is 4.74 Å². The van der Waals surface area contributed by atoms with Crippen LogP contribution < -0.4 is 4.74 Å². The first-order valence-corrected chi connectivity index (χ1v) is 6.98. The second-order valence-corrected chi connectivity index (χ2v) is 6.31. The maximum Gasteiger partial charge on any atom is 0.573 e. The minimum absolute atomic E-state index is 0.249. The number of benzene rings is 1. The number of carbonyl (C=O) groups excluding carboxylic acids is 1. The summed E-state index contributed by atoms with van der Waals surface area (Å²) in [6.07, 6.45) is -5.36. The van der Waals surface area contributed by atoms with Gasteiger partial charge in [-0.3, -0.25) is 0 Å². The lowest BCUT2D eigenvalue weighted by Gasteiger charge is -2.40. The Balaban J connectivity index is 1.96. The lowest BCUT2D eigenvalue weighted by molar-refractivity contribution is -0.274. The van der Waals surface area contributed by atoms with Crippen molar-refractivity contribution < 1.29 is 31.8 Å². The molecule has 1 aliphatic heterocycles. The highest BCUT2D eigenvalue weighted by Gasteiger charge is 2.36. The number of alkyl halides is 3. The van der Waals surface area contributed by atoms with Crippen LogP contribution in [0.25, 0.3) is 0 Å². The number of rotatable bonds is 2. The second-order valence-electron chi connectivity index (χ2n) is 6.31. The molecular weight excluding hydrogens is 318 g/mol. The molecule has 0 unspecified atom stereocenters. The number of carbonyl (C=O) groups is 1. The minimum atomic E-state index is -4.86. The fourth-order valence-electron chi connectivity index (χ4n) is 2.19. The molecule has 1 heterocycles. The topological polar surface area (TPSA) is 38.8 Å². The van der Waals surface area contributed by atoms with E-state index in [9.17, 15) is 22.4 Å². The first-order valence-electron chi connectivity index (χ1n) is 6.98. The molecule has 8 heteroatoms. The van der Waals surface area contributed by atoms with E-state index in [4.69, 9.17) is 4.74 Å². The van der Waals surface area contributed by atoms with Gasteiger partial charge in [0.2, 0.25) is 0 Å². The Morgan fingerprint density at radius 3 is 2.30 bits per heavy atom. The lowest BCUT2D eigenvalue weighted by atomic mass is 9.91. The van der Waals surface area contributed by atoms with E-state index in [1.807, 2.05) is 0 Å².